The van der Waals surface area contributed by atoms with Crippen LogP contribution in [0.3, 0.4) is 0 Å². The number of nitrogens with two attached hydrogens (primary N) is 1. The van der Waals surface area contributed by atoms with Gasteiger partial charge in [0, 0.05) is 24.3 Å². The van der Waals surface area contributed by atoms with Crippen LogP contribution in [-0.4, -0.2) is 30.0 Å². The summed E-state index contributed by atoms with van der Waals surface area (Å²) in [6.45, 7) is 3.27. The van der Waals surface area contributed by atoms with Crippen molar-refractivity contribution in [2.24, 2.45) is 0 Å². The Kier molecular flexibility index (Phi) is 3.51. The van der Waals surface area contributed by atoms with Gasteiger partial charge in [0.05, 0.1) is 6.20 Å². The zero-order valence-corrected chi connectivity index (χ0v) is 11.9. The molecule has 1 aliphatic rings. The number of nitrogen functional groups attached to an aromatic ring is 1. The molecule has 1 aromatic heterocycles. The monoisotopic (exact) mass is 286 g/mol. The molecule has 1 fully saturated rings. The Hall–Kier alpha value is -2.50. The van der Waals surface area contributed by atoms with Crippen LogP contribution in [0.15, 0.2) is 34.9 Å². The van der Waals surface area contributed by atoms with Crippen LogP contribution in [0.2, 0.25) is 0 Å². The van der Waals surface area contributed by atoms with Crippen LogP contribution < -0.4 is 16.0 Å². The lowest BCUT2D eigenvalue weighted by Gasteiger charge is -2.33. The number of benzene rings is 1. The number of nitrogens with zero attached hydrogens (tertiary/aromatic N) is 2. The van der Waals surface area contributed by atoms with E-state index in [0.717, 1.165) is 5.56 Å². The van der Waals surface area contributed by atoms with Crippen LogP contribution >= 0.6 is 0 Å². The summed E-state index contributed by atoms with van der Waals surface area (Å²) in [6, 6.07) is 7.70. The highest BCUT2D eigenvalue weighted by Crippen LogP contribution is 2.27. The predicted octanol–water partition coefficient (Wildman–Crippen LogP) is 1.64. The van der Waals surface area contributed by atoms with Crippen LogP contribution in [0.25, 0.3) is 11.3 Å². The fourth-order valence-corrected chi connectivity index (χ4v) is 2.57. The summed E-state index contributed by atoms with van der Waals surface area (Å²) in [5.74, 6) is 0.672. The summed E-state index contributed by atoms with van der Waals surface area (Å²) < 4.78 is 5.82. The van der Waals surface area contributed by atoms with E-state index in [-0.39, 0.29) is 11.9 Å². The third-order valence-electron chi connectivity index (χ3n) is 3.63. The third kappa shape index (κ3) is 2.56. The van der Waals surface area contributed by atoms with Gasteiger partial charge in [-0.15, -0.1) is 0 Å². The van der Waals surface area contributed by atoms with Crippen LogP contribution in [0.1, 0.15) is 13.3 Å². The van der Waals surface area contributed by atoms with E-state index in [4.69, 9.17) is 10.2 Å². The van der Waals surface area contributed by atoms with E-state index in [1.165, 1.54) is 0 Å². The van der Waals surface area contributed by atoms with E-state index < -0.39 is 0 Å². The summed E-state index contributed by atoms with van der Waals surface area (Å²) in [4.78, 5) is 18.1. The van der Waals surface area contributed by atoms with Crippen molar-refractivity contribution in [2.75, 3.05) is 23.7 Å². The second kappa shape index (κ2) is 5.47. The number of aromatic nitrogens is 1. The number of amides is 1. The van der Waals surface area contributed by atoms with Gasteiger partial charge in [-0.25, -0.2) is 4.98 Å². The molecule has 21 heavy (non-hydrogen) atoms. The van der Waals surface area contributed by atoms with Crippen molar-refractivity contribution in [3.63, 3.8) is 0 Å². The number of oxazole rings is 1. The molecule has 1 unspecified atom stereocenters. The molecule has 0 aliphatic carbocycles. The average Bonchev–Trinajstić information content (AvgIpc) is 2.96. The number of carbonyl (C=O) groups excluding carboxylic acids is 1. The normalized spacial score (nSPS) is 18.6. The van der Waals surface area contributed by atoms with Crippen molar-refractivity contribution in [1.82, 2.24) is 10.3 Å². The number of piperazine rings is 1. The highest BCUT2D eigenvalue weighted by Gasteiger charge is 2.31. The number of anilines is 2. The molecule has 3 rings (SSSR count). The molecule has 3 N–H and O–H groups in total. The fraction of sp³-hybridized carbons (Fsp3) is 0.333. The van der Waals surface area contributed by atoms with E-state index in [9.17, 15) is 4.79 Å². The van der Waals surface area contributed by atoms with E-state index >= 15 is 0 Å². The molecule has 110 valence electrons. The Balaban J connectivity index is 1.89. The molecule has 0 bridgehead atoms. The van der Waals surface area contributed by atoms with Gasteiger partial charge in [-0.1, -0.05) is 19.1 Å². The molecule has 2 heterocycles. The van der Waals surface area contributed by atoms with Crippen LogP contribution in [0, 0.1) is 0 Å². The highest BCUT2D eigenvalue weighted by atomic mass is 16.4. The maximum Gasteiger partial charge on any atom is 0.298 e. The Morgan fingerprint density at radius 2 is 2.38 bits per heavy atom. The van der Waals surface area contributed by atoms with E-state index in [2.05, 4.69) is 10.3 Å². The second-order valence-electron chi connectivity index (χ2n) is 5.04. The van der Waals surface area contributed by atoms with Crippen LogP contribution in [-0.2, 0) is 4.79 Å². The van der Waals surface area contributed by atoms with E-state index in [1.54, 1.807) is 6.20 Å². The molecule has 1 atom stereocenters. The van der Waals surface area contributed by atoms with Gasteiger partial charge in [-0.2, -0.15) is 0 Å². The first-order valence-corrected chi connectivity index (χ1v) is 7.05. The molecule has 1 aliphatic heterocycles. The molecule has 1 amide bonds. The van der Waals surface area contributed by atoms with Gasteiger partial charge in [0.1, 0.15) is 6.04 Å². The fourth-order valence-electron chi connectivity index (χ4n) is 2.57. The SMILES string of the molecule is CCC1C(=O)NCCN1c1ncc(-c2cccc(N)c2)o1. The summed E-state index contributed by atoms with van der Waals surface area (Å²) in [7, 11) is 0. The number of hydrogen-bond donors (Lipinski definition) is 2. The first-order chi connectivity index (χ1) is 10.2. The number of rotatable bonds is 3. The van der Waals surface area contributed by atoms with Gasteiger partial charge in [0.15, 0.2) is 5.76 Å². The van der Waals surface area contributed by atoms with Gasteiger partial charge in [-0.05, 0) is 18.6 Å². The number of carbonyl (C=O) groups is 1. The maximum absolute atomic E-state index is 11.9. The first kappa shape index (κ1) is 13.5. The molecular weight excluding hydrogens is 268 g/mol. The highest BCUT2D eigenvalue weighted by molar-refractivity contribution is 5.85. The lowest BCUT2D eigenvalue weighted by atomic mass is 10.1. The number of nitrogens with one attached hydrogen (secondary N) is 1. The standard InChI is InChI=1S/C15H18N4O2/c1-2-12-14(20)17-6-7-19(12)15-18-9-13(21-15)10-4-3-5-11(16)8-10/h3-5,8-9,12H,2,6-7,16H2,1H3,(H,17,20). The second-order valence-corrected chi connectivity index (χ2v) is 5.04. The molecule has 0 radical (unpaired) electrons. The Labute approximate surface area is 122 Å². The number of hydrogen-bond acceptors (Lipinski definition) is 5. The summed E-state index contributed by atoms with van der Waals surface area (Å²) in [6.07, 6.45) is 2.38. The maximum atomic E-state index is 11.9. The van der Waals surface area contributed by atoms with Gasteiger partial charge in [0.2, 0.25) is 5.91 Å². The molecule has 1 aromatic carbocycles. The zero-order chi connectivity index (χ0) is 14.8. The van der Waals surface area contributed by atoms with Gasteiger partial charge >= 0.3 is 0 Å². The minimum Gasteiger partial charge on any atom is -0.423 e. The molecule has 6 heteroatoms. The first-order valence-electron chi connectivity index (χ1n) is 7.05. The minimum atomic E-state index is -0.230. The Morgan fingerprint density at radius 3 is 3.14 bits per heavy atom. The summed E-state index contributed by atoms with van der Waals surface area (Å²) >= 11 is 0. The van der Waals surface area contributed by atoms with Crippen molar-refractivity contribution in [3.05, 3.63) is 30.5 Å². The largest absolute Gasteiger partial charge is 0.423 e. The topological polar surface area (TPSA) is 84.4 Å². The molecule has 0 spiro atoms. The van der Waals surface area contributed by atoms with Gasteiger partial charge in [0.25, 0.3) is 6.01 Å². The quantitative estimate of drug-likeness (QED) is 0.838. The van der Waals surface area contributed by atoms with Crippen molar-refractivity contribution >= 4 is 17.6 Å². The molecule has 2 aromatic rings. The predicted molar refractivity (Wildman–Crippen MR) is 80.8 cm³/mol. The van der Waals surface area contributed by atoms with Crippen molar-refractivity contribution in [1.29, 1.82) is 0 Å². The Bertz CT molecular complexity index is 653. The van der Waals surface area contributed by atoms with Crippen LogP contribution in [0.5, 0.6) is 0 Å². The lowest BCUT2D eigenvalue weighted by molar-refractivity contribution is -0.123. The van der Waals surface area contributed by atoms with Crippen molar-refractivity contribution in [3.8, 4) is 11.3 Å². The smallest absolute Gasteiger partial charge is 0.298 e. The van der Waals surface area contributed by atoms with E-state index in [1.807, 2.05) is 36.1 Å². The van der Waals surface area contributed by atoms with Gasteiger partial charge in [-0.3, -0.25) is 4.79 Å². The lowest BCUT2D eigenvalue weighted by Crippen LogP contribution is -2.55. The third-order valence-corrected chi connectivity index (χ3v) is 3.63. The van der Waals surface area contributed by atoms with Gasteiger partial charge < -0.3 is 20.4 Å². The Morgan fingerprint density at radius 1 is 1.52 bits per heavy atom. The zero-order valence-electron chi connectivity index (χ0n) is 11.9. The molecule has 0 saturated carbocycles. The summed E-state index contributed by atoms with van der Waals surface area (Å²) in [5.41, 5.74) is 7.34. The van der Waals surface area contributed by atoms with Crippen molar-refractivity contribution in [2.45, 2.75) is 19.4 Å². The van der Waals surface area contributed by atoms with Crippen molar-refractivity contribution < 1.29 is 9.21 Å². The molecular formula is C15H18N4O2. The summed E-state index contributed by atoms with van der Waals surface area (Å²) in [5, 5.41) is 2.86. The van der Waals surface area contributed by atoms with E-state index in [0.29, 0.717) is 37.0 Å². The molecule has 6 nitrogen and oxygen atoms in total. The minimum absolute atomic E-state index is 0.0208. The average molecular weight is 286 g/mol. The van der Waals surface area contributed by atoms with Crippen LogP contribution in [0.4, 0.5) is 11.7 Å². The molecule has 1 saturated heterocycles.